The number of rotatable bonds is 6. The van der Waals surface area contributed by atoms with Crippen LogP contribution in [0.4, 0.5) is 11.5 Å². The van der Waals surface area contributed by atoms with Crippen LogP contribution in [0, 0.1) is 0 Å². The lowest BCUT2D eigenvalue weighted by molar-refractivity contribution is 0.0913. The van der Waals surface area contributed by atoms with Crippen LogP contribution in [0.25, 0.3) is 21.1 Å². The van der Waals surface area contributed by atoms with E-state index in [1.54, 1.807) is 6.33 Å². The summed E-state index contributed by atoms with van der Waals surface area (Å²) in [5.41, 5.74) is 3.36. The van der Waals surface area contributed by atoms with Crippen molar-refractivity contribution in [3.8, 4) is 0 Å². The summed E-state index contributed by atoms with van der Waals surface area (Å²) in [7, 11) is 0. The molecular weight excluding hydrogens is 456 g/mol. The largest absolute Gasteiger partial charge is 0.361 e. The molecule has 1 amide bonds. The zero-order valence-corrected chi connectivity index (χ0v) is 20.0. The van der Waals surface area contributed by atoms with Crippen molar-refractivity contribution >= 4 is 49.9 Å². The first-order valence-electron chi connectivity index (χ1n) is 11.9. The van der Waals surface area contributed by atoms with Gasteiger partial charge in [-0.25, -0.2) is 9.97 Å². The van der Waals surface area contributed by atoms with Gasteiger partial charge in [0.05, 0.1) is 10.3 Å². The van der Waals surface area contributed by atoms with Gasteiger partial charge in [-0.05, 0) is 48.7 Å². The van der Waals surface area contributed by atoms with Crippen LogP contribution in [0.2, 0.25) is 0 Å². The molecule has 6 rings (SSSR count). The smallest absolute Gasteiger partial charge is 0.261 e. The average Bonchev–Trinajstić information content (AvgIpc) is 3.53. The molecule has 0 bridgehead atoms. The summed E-state index contributed by atoms with van der Waals surface area (Å²) < 4.78 is 0. The van der Waals surface area contributed by atoms with Crippen molar-refractivity contribution in [3.05, 3.63) is 83.6 Å². The van der Waals surface area contributed by atoms with E-state index in [1.165, 1.54) is 16.9 Å². The molecule has 0 saturated carbocycles. The van der Waals surface area contributed by atoms with Gasteiger partial charge >= 0.3 is 0 Å². The second kappa shape index (κ2) is 9.48. The lowest BCUT2D eigenvalue weighted by atomic mass is 10.0. The summed E-state index contributed by atoms with van der Waals surface area (Å²) in [6, 6.07) is 20.8. The predicted octanol–water partition coefficient (Wildman–Crippen LogP) is 5.31. The van der Waals surface area contributed by atoms with Gasteiger partial charge < -0.3 is 15.6 Å². The van der Waals surface area contributed by atoms with Crippen LogP contribution in [-0.4, -0.2) is 44.9 Å². The number of likely N-dealkylation sites (tertiary alicyclic amines) is 1. The monoisotopic (exact) mass is 482 g/mol. The van der Waals surface area contributed by atoms with E-state index in [-0.39, 0.29) is 11.9 Å². The quantitative estimate of drug-likeness (QED) is 0.305. The summed E-state index contributed by atoms with van der Waals surface area (Å²) in [4.78, 5) is 29.0. The molecule has 3 N–H and O–H groups in total. The molecule has 0 radical (unpaired) electrons. The first-order valence-corrected chi connectivity index (χ1v) is 12.7. The maximum atomic E-state index is 13.1. The van der Waals surface area contributed by atoms with Crippen molar-refractivity contribution in [2.75, 3.05) is 18.4 Å². The molecule has 2 aromatic carbocycles. The van der Waals surface area contributed by atoms with E-state index in [2.05, 4.69) is 60.8 Å². The number of anilines is 2. The maximum absolute atomic E-state index is 13.1. The van der Waals surface area contributed by atoms with E-state index >= 15 is 0 Å². The SMILES string of the molecule is O=C(NC1CCN(Cc2ccccc2)CC1)c1cc2c(Nc3ccc4[nH]ccc4c3)ncnc2s1. The summed E-state index contributed by atoms with van der Waals surface area (Å²) in [5.74, 6) is 0.670. The highest BCUT2D eigenvalue weighted by Gasteiger charge is 2.22. The second-order valence-corrected chi connectivity index (χ2v) is 10.00. The van der Waals surface area contributed by atoms with Gasteiger partial charge in [0.15, 0.2) is 0 Å². The Balaban J connectivity index is 1.11. The fraction of sp³-hybridized carbons (Fsp3) is 0.222. The number of nitrogens with zero attached hydrogens (tertiary/aromatic N) is 3. The molecule has 5 aromatic rings. The van der Waals surface area contributed by atoms with Crippen LogP contribution >= 0.6 is 11.3 Å². The van der Waals surface area contributed by atoms with Crippen molar-refractivity contribution in [2.24, 2.45) is 0 Å². The van der Waals surface area contributed by atoms with Crippen LogP contribution in [-0.2, 0) is 6.54 Å². The van der Waals surface area contributed by atoms with E-state index in [9.17, 15) is 4.79 Å². The van der Waals surface area contributed by atoms with E-state index in [1.807, 2.05) is 36.5 Å². The lowest BCUT2D eigenvalue weighted by Gasteiger charge is -2.32. The average molecular weight is 483 g/mol. The number of nitrogens with one attached hydrogen (secondary N) is 3. The molecule has 0 atom stereocenters. The highest BCUT2D eigenvalue weighted by molar-refractivity contribution is 7.20. The fourth-order valence-corrected chi connectivity index (χ4v) is 5.57. The Labute approximate surface area is 207 Å². The second-order valence-electron chi connectivity index (χ2n) is 8.97. The molecule has 4 heterocycles. The van der Waals surface area contributed by atoms with E-state index in [4.69, 9.17) is 0 Å². The molecule has 0 unspecified atom stereocenters. The highest BCUT2D eigenvalue weighted by atomic mass is 32.1. The van der Waals surface area contributed by atoms with Gasteiger partial charge in [0, 0.05) is 48.5 Å². The normalized spacial score (nSPS) is 15.0. The van der Waals surface area contributed by atoms with Crippen LogP contribution < -0.4 is 10.6 Å². The van der Waals surface area contributed by atoms with Gasteiger partial charge in [0.2, 0.25) is 0 Å². The Morgan fingerprint density at radius 3 is 2.77 bits per heavy atom. The molecule has 7 nitrogen and oxygen atoms in total. The van der Waals surface area contributed by atoms with Gasteiger partial charge in [-0.3, -0.25) is 9.69 Å². The Morgan fingerprint density at radius 2 is 1.91 bits per heavy atom. The predicted molar refractivity (Wildman–Crippen MR) is 141 cm³/mol. The number of benzene rings is 2. The summed E-state index contributed by atoms with van der Waals surface area (Å²) >= 11 is 1.41. The van der Waals surface area contributed by atoms with Crippen molar-refractivity contribution in [3.63, 3.8) is 0 Å². The van der Waals surface area contributed by atoms with Gasteiger partial charge in [0.1, 0.15) is 17.0 Å². The molecule has 35 heavy (non-hydrogen) atoms. The first-order chi connectivity index (χ1) is 17.2. The number of thiophene rings is 1. The third kappa shape index (κ3) is 4.76. The van der Waals surface area contributed by atoms with Gasteiger partial charge in [-0.1, -0.05) is 30.3 Å². The van der Waals surface area contributed by atoms with E-state index < -0.39 is 0 Å². The summed E-state index contributed by atoms with van der Waals surface area (Å²) in [6.45, 7) is 2.93. The third-order valence-electron chi connectivity index (χ3n) is 6.54. The van der Waals surface area contributed by atoms with Crippen LogP contribution in [0.1, 0.15) is 28.1 Å². The fourth-order valence-electron chi connectivity index (χ4n) is 4.67. The van der Waals surface area contributed by atoms with Crippen LogP contribution in [0.3, 0.4) is 0 Å². The molecular formula is C27H26N6OS. The van der Waals surface area contributed by atoms with Crippen molar-refractivity contribution in [1.82, 2.24) is 25.2 Å². The Hall–Kier alpha value is -3.75. The van der Waals surface area contributed by atoms with E-state index in [0.29, 0.717) is 10.7 Å². The number of piperidine rings is 1. The number of fused-ring (bicyclic) bond motifs is 2. The van der Waals surface area contributed by atoms with Crippen LogP contribution in [0.15, 0.2) is 73.2 Å². The number of carbonyl (C=O) groups excluding carboxylic acids is 1. The minimum atomic E-state index is -0.0331. The van der Waals surface area contributed by atoms with Crippen molar-refractivity contribution in [1.29, 1.82) is 0 Å². The molecule has 0 spiro atoms. The minimum Gasteiger partial charge on any atom is -0.361 e. The summed E-state index contributed by atoms with van der Waals surface area (Å²) in [6.07, 6.45) is 5.38. The third-order valence-corrected chi connectivity index (χ3v) is 7.58. The van der Waals surface area contributed by atoms with Gasteiger partial charge in [-0.2, -0.15) is 0 Å². The van der Waals surface area contributed by atoms with Gasteiger partial charge in [-0.15, -0.1) is 11.3 Å². The Kier molecular flexibility index (Phi) is 5.89. The van der Waals surface area contributed by atoms with Gasteiger partial charge in [0.25, 0.3) is 5.91 Å². The zero-order chi connectivity index (χ0) is 23.6. The zero-order valence-electron chi connectivity index (χ0n) is 19.2. The molecule has 0 aliphatic carbocycles. The first kappa shape index (κ1) is 21.8. The van der Waals surface area contributed by atoms with E-state index in [0.717, 1.165) is 59.3 Å². The number of H-pyrrole nitrogens is 1. The number of hydrogen-bond acceptors (Lipinski definition) is 6. The molecule has 1 aliphatic heterocycles. The molecule has 1 fully saturated rings. The standard InChI is InChI=1S/C27H26N6OS/c34-26(32-20-9-12-33(13-10-20)16-18-4-2-1-3-5-18)24-15-22-25(29-17-30-27(22)35-24)31-21-6-7-23-19(14-21)8-11-28-23/h1-8,11,14-15,17,20,28H,9-10,12-13,16H2,(H,32,34)(H,29,30,31). The maximum Gasteiger partial charge on any atom is 0.261 e. The molecule has 3 aromatic heterocycles. The molecule has 176 valence electrons. The van der Waals surface area contributed by atoms with Crippen LogP contribution in [0.5, 0.6) is 0 Å². The molecule has 1 aliphatic rings. The number of hydrogen-bond donors (Lipinski definition) is 3. The number of carbonyl (C=O) groups is 1. The Bertz CT molecular complexity index is 1470. The van der Waals surface area contributed by atoms with Crippen molar-refractivity contribution < 1.29 is 4.79 Å². The lowest BCUT2D eigenvalue weighted by Crippen LogP contribution is -2.44. The summed E-state index contributed by atoms with van der Waals surface area (Å²) in [5, 5.41) is 8.61. The minimum absolute atomic E-state index is 0.0331. The topological polar surface area (TPSA) is 85.9 Å². The molecule has 8 heteroatoms. The number of aromatic nitrogens is 3. The molecule has 1 saturated heterocycles. The van der Waals surface area contributed by atoms with Crippen molar-refractivity contribution in [2.45, 2.75) is 25.4 Å². The highest BCUT2D eigenvalue weighted by Crippen LogP contribution is 2.31. The number of amides is 1. The Morgan fingerprint density at radius 1 is 1.06 bits per heavy atom. The number of aromatic amines is 1.